The van der Waals surface area contributed by atoms with E-state index >= 15 is 0 Å². The quantitative estimate of drug-likeness (QED) is 0.304. The highest BCUT2D eigenvalue weighted by atomic mass is 31.0. The molecular formula is C5H8O2PSi. The predicted octanol–water partition coefficient (Wildman–Crippen LogP) is -0.0808. The van der Waals surface area contributed by atoms with Gasteiger partial charge < -0.3 is 4.74 Å². The number of esters is 1. The fourth-order valence-corrected chi connectivity index (χ4v) is 1.41. The van der Waals surface area contributed by atoms with E-state index in [2.05, 4.69) is 24.2 Å². The normalized spacial score (nSPS) is 40.1. The van der Waals surface area contributed by atoms with Gasteiger partial charge in [0, 0.05) is 10.2 Å². The summed E-state index contributed by atoms with van der Waals surface area (Å²) in [7, 11) is 7.39. The van der Waals surface area contributed by atoms with E-state index in [4.69, 9.17) is 0 Å². The van der Waals surface area contributed by atoms with Crippen LogP contribution in [0.1, 0.15) is 6.42 Å². The third-order valence-electron chi connectivity index (χ3n) is 1.49. The molecule has 1 unspecified atom stereocenters. The van der Waals surface area contributed by atoms with E-state index in [-0.39, 0.29) is 16.7 Å². The summed E-state index contributed by atoms with van der Waals surface area (Å²) in [6.07, 6.45) is 0.862. The Morgan fingerprint density at radius 3 is 2.56 bits per heavy atom. The maximum atomic E-state index is 10.7. The lowest BCUT2D eigenvalue weighted by molar-refractivity contribution is -0.142. The maximum absolute atomic E-state index is 10.7. The molecule has 1 aliphatic carbocycles. The minimum atomic E-state index is -0.125. The molecule has 2 nitrogen and oxygen atoms in total. The summed E-state index contributed by atoms with van der Waals surface area (Å²) in [6, 6.07) is 0. The van der Waals surface area contributed by atoms with Crippen LogP contribution in [0.25, 0.3) is 0 Å². The monoisotopic (exact) mass is 159 g/mol. The Balaban J connectivity index is 2.42. The zero-order valence-corrected chi connectivity index (χ0v) is 7.33. The molecular weight excluding hydrogens is 151 g/mol. The van der Waals surface area contributed by atoms with Crippen molar-refractivity contribution in [3.63, 3.8) is 0 Å². The molecule has 0 N–H and O–H groups in total. The number of carbonyl (C=O) groups is 1. The molecule has 0 aliphatic heterocycles. The smallest absolute Gasteiger partial charge is 0.309 e. The minimum absolute atomic E-state index is 0.0455. The Morgan fingerprint density at radius 2 is 2.44 bits per heavy atom. The number of hydrogen-bond acceptors (Lipinski definition) is 2. The second kappa shape index (κ2) is 2.06. The van der Waals surface area contributed by atoms with Crippen LogP contribution in [0.4, 0.5) is 0 Å². The lowest BCUT2D eigenvalue weighted by atomic mass is 10.4. The van der Waals surface area contributed by atoms with Crippen molar-refractivity contribution >= 4 is 25.5 Å². The molecule has 0 spiro atoms. The first-order chi connectivity index (χ1) is 4.08. The van der Waals surface area contributed by atoms with Gasteiger partial charge in [-0.1, -0.05) is 0 Å². The number of rotatable bonds is 1. The average Bonchev–Trinajstić information content (AvgIpc) is 2.38. The van der Waals surface area contributed by atoms with Gasteiger partial charge >= 0.3 is 5.97 Å². The molecule has 0 amide bonds. The van der Waals surface area contributed by atoms with Gasteiger partial charge in [0.1, 0.15) is 0 Å². The van der Waals surface area contributed by atoms with Gasteiger partial charge in [-0.25, -0.2) is 0 Å². The van der Waals surface area contributed by atoms with E-state index in [1.165, 1.54) is 7.11 Å². The van der Waals surface area contributed by atoms with E-state index < -0.39 is 0 Å². The molecule has 3 atom stereocenters. The number of ether oxygens (including phenoxy) is 1. The van der Waals surface area contributed by atoms with Crippen molar-refractivity contribution in [3.8, 4) is 0 Å². The van der Waals surface area contributed by atoms with Gasteiger partial charge in [0.2, 0.25) is 0 Å². The fourth-order valence-electron chi connectivity index (χ4n) is 0.715. The second-order valence-corrected chi connectivity index (χ2v) is 4.86. The summed E-state index contributed by atoms with van der Waals surface area (Å²) >= 11 is 0. The number of carbonyl (C=O) groups excluding carboxylic acids is 1. The lowest BCUT2D eigenvalue weighted by Crippen LogP contribution is -2.11. The van der Waals surface area contributed by atoms with Crippen LogP contribution in [0.15, 0.2) is 0 Å². The highest BCUT2D eigenvalue weighted by Gasteiger charge is 2.51. The first kappa shape index (κ1) is 7.23. The Morgan fingerprint density at radius 1 is 2.00 bits per heavy atom. The molecule has 1 fully saturated rings. The highest BCUT2D eigenvalue weighted by Crippen LogP contribution is 2.48. The molecule has 1 rings (SSSR count). The Bertz CT molecular complexity index is 146. The van der Waals surface area contributed by atoms with Gasteiger partial charge in [-0.15, -0.1) is 9.24 Å². The molecule has 3 radical (unpaired) electrons. The largest absolute Gasteiger partial charge is 0.469 e. The molecule has 0 aromatic heterocycles. The summed E-state index contributed by atoms with van der Waals surface area (Å²) in [5.74, 6) is -0.0795. The molecule has 1 saturated carbocycles. The molecule has 0 aromatic rings. The molecule has 0 saturated heterocycles. The molecule has 0 heterocycles. The van der Waals surface area contributed by atoms with E-state index in [0.717, 1.165) is 6.42 Å². The minimum Gasteiger partial charge on any atom is -0.469 e. The SMILES string of the molecule is COC(=O)[C@@H]1C[C@@]1([Si])P. The Labute approximate surface area is 60.0 Å². The standard InChI is InChI=1S/C5H8O2PSi/c1-7-4(6)3-2-5(3,8)9/h3H,2,8H2,1H3/t3-,5-/m0/s1. The second-order valence-electron chi connectivity index (χ2n) is 2.32. The summed E-state index contributed by atoms with van der Waals surface area (Å²) in [4.78, 5) is 10.7. The lowest BCUT2D eigenvalue weighted by Gasteiger charge is -1.98. The molecule has 49 valence electrons. The molecule has 9 heavy (non-hydrogen) atoms. The maximum Gasteiger partial charge on any atom is 0.309 e. The van der Waals surface area contributed by atoms with Crippen molar-refractivity contribution in [1.29, 1.82) is 0 Å². The Kier molecular flexibility index (Phi) is 1.66. The first-order valence-electron chi connectivity index (χ1n) is 2.69. The molecule has 4 heteroatoms. The van der Waals surface area contributed by atoms with Gasteiger partial charge in [0.05, 0.1) is 13.0 Å². The van der Waals surface area contributed by atoms with Crippen molar-refractivity contribution in [1.82, 2.24) is 0 Å². The van der Waals surface area contributed by atoms with Crippen LogP contribution in [-0.2, 0) is 9.53 Å². The van der Waals surface area contributed by atoms with Crippen molar-refractivity contribution in [2.75, 3.05) is 7.11 Å². The van der Waals surface area contributed by atoms with E-state index in [9.17, 15) is 4.79 Å². The Hall–Kier alpha value is 0.117. The van der Waals surface area contributed by atoms with Crippen LogP contribution in [0.2, 0.25) is 0 Å². The van der Waals surface area contributed by atoms with Crippen LogP contribution in [-0.4, -0.2) is 28.1 Å². The van der Waals surface area contributed by atoms with Crippen LogP contribution >= 0.6 is 9.24 Å². The molecule has 0 bridgehead atoms. The third-order valence-corrected chi connectivity index (χ3v) is 2.68. The fraction of sp³-hybridized carbons (Fsp3) is 0.800. The van der Waals surface area contributed by atoms with Gasteiger partial charge in [-0.3, -0.25) is 4.79 Å². The molecule has 1 aliphatic rings. The van der Waals surface area contributed by atoms with E-state index in [0.29, 0.717) is 0 Å². The number of methoxy groups -OCH3 is 1. The third kappa shape index (κ3) is 1.33. The summed E-state index contributed by atoms with van der Waals surface area (Å²) in [5, 5.41) is 0. The van der Waals surface area contributed by atoms with E-state index in [1.54, 1.807) is 0 Å². The topological polar surface area (TPSA) is 26.3 Å². The summed E-state index contributed by atoms with van der Waals surface area (Å²) in [5.41, 5.74) is 0. The summed E-state index contributed by atoms with van der Waals surface area (Å²) in [6.45, 7) is 0. The van der Waals surface area contributed by atoms with Crippen molar-refractivity contribution in [2.24, 2.45) is 5.92 Å². The van der Waals surface area contributed by atoms with Crippen molar-refractivity contribution in [3.05, 3.63) is 0 Å². The van der Waals surface area contributed by atoms with Gasteiger partial charge in [0.25, 0.3) is 0 Å². The van der Waals surface area contributed by atoms with Gasteiger partial charge in [0.15, 0.2) is 0 Å². The molecule has 0 aromatic carbocycles. The average molecular weight is 159 g/mol. The van der Waals surface area contributed by atoms with E-state index in [1.807, 2.05) is 0 Å². The van der Waals surface area contributed by atoms with Gasteiger partial charge in [-0.2, -0.15) is 0 Å². The van der Waals surface area contributed by atoms with Crippen LogP contribution in [0.3, 0.4) is 0 Å². The first-order valence-corrected chi connectivity index (χ1v) is 3.77. The van der Waals surface area contributed by atoms with Crippen molar-refractivity contribution in [2.45, 2.75) is 11.2 Å². The van der Waals surface area contributed by atoms with Gasteiger partial charge in [-0.05, 0) is 11.2 Å². The summed E-state index contributed by atoms with van der Waals surface area (Å²) < 4.78 is 4.46. The van der Waals surface area contributed by atoms with Crippen molar-refractivity contribution < 1.29 is 9.53 Å². The number of hydrogen-bond donors (Lipinski definition) is 0. The van der Waals surface area contributed by atoms with Crippen LogP contribution in [0, 0.1) is 5.92 Å². The zero-order chi connectivity index (χ0) is 7.07. The highest BCUT2D eigenvalue weighted by molar-refractivity contribution is 7.23. The van der Waals surface area contributed by atoms with Crippen LogP contribution in [0.5, 0.6) is 0 Å². The predicted molar refractivity (Wildman–Crippen MR) is 38.3 cm³/mol. The van der Waals surface area contributed by atoms with Crippen LogP contribution < -0.4 is 0 Å². The zero-order valence-electron chi connectivity index (χ0n) is 5.18.